The van der Waals surface area contributed by atoms with E-state index in [-0.39, 0.29) is 11.8 Å². The molecule has 6 nitrogen and oxygen atoms in total. The van der Waals surface area contributed by atoms with Gasteiger partial charge in [-0.1, -0.05) is 13.0 Å². The second-order valence-electron chi connectivity index (χ2n) is 9.14. The van der Waals surface area contributed by atoms with E-state index in [9.17, 15) is 15.0 Å². The molecule has 156 valence electrons. The maximum absolute atomic E-state index is 12.7. The molecule has 28 heavy (non-hydrogen) atoms. The van der Waals surface area contributed by atoms with Crippen molar-refractivity contribution < 1.29 is 24.5 Å². The van der Waals surface area contributed by atoms with Crippen LogP contribution in [-0.2, 0) is 4.79 Å². The van der Waals surface area contributed by atoms with E-state index in [0.29, 0.717) is 37.1 Å². The highest BCUT2D eigenvalue weighted by Gasteiger charge is 2.50. The molecule has 3 unspecified atom stereocenters. The van der Waals surface area contributed by atoms with Crippen LogP contribution in [0.25, 0.3) is 0 Å². The summed E-state index contributed by atoms with van der Waals surface area (Å²) in [6, 6.07) is 5.84. The van der Waals surface area contributed by atoms with Gasteiger partial charge in [-0.05, 0) is 57.2 Å². The van der Waals surface area contributed by atoms with Gasteiger partial charge in [0.15, 0.2) is 11.5 Å². The van der Waals surface area contributed by atoms with Crippen molar-refractivity contribution in [2.75, 3.05) is 26.8 Å². The smallest absolute Gasteiger partial charge is 0.253 e. The minimum atomic E-state index is -1.44. The maximum Gasteiger partial charge on any atom is 0.253 e. The number of benzene rings is 1. The third-order valence-corrected chi connectivity index (χ3v) is 6.26. The lowest BCUT2D eigenvalue weighted by molar-refractivity contribution is -0.147. The number of likely N-dealkylation sites (tertiary alicyclic amines) is 1. The van der Waals surface area contributed by atoms with E-state index >= 15 is 0 Å². The summed E-state index contributed by atoms with van der Waals surface area (Å²) < 4.78 is 11.4. The molecule has 1 aromatic carbocycles. The monoisotopic (exact) mass is 391 g/mol. The van der Waals surface area contributed by atoms with Crippen molar-refractivity contribution >= 4 is 5.91 Å². The molecule has 2 aliphatic rings. The van der Waals surface area contributed by atoms with Crippen LogP contribution in [0.3, 0.4) is 0 Å². The number of hydrogen-bond acceptors (Lipinski definition) is 5. The predicted octanol–water partition coefficient (Wildman–Crippen LogP) is 2.57. The number of aliphatic hydroxyl groups excluding tert-OH is 1. The highest BCUT2D eigenvalue weighted by Crippen LogP contribution is 2.47. The van der Waals surface area contributed by atoms with Crippen LogP contribution >= 0.6 is 0 Å². The number of carbonyl (C=O) groups is 1. The van der Waals surface area contributed by atoms with Crippen molar-refractivity contribution in [1.29, 1.82) is 0 Å². The Kier molecular flexibility index (Phi) is 5.65. The zero-order valence-corrected chi connectivity index (χ0v) is 17.6. The van der Waals surface area contributed by atoms with E-state index < -0.39 is 17.1 Å². The van der Waals surface area contributed by atoms with E-state index in [1.807, 2.05) is 25.1 Å². The summed E-state index contributed by atoms with van der Waals surface area (Å²) in [5.74, 6) is 1.62. The Hall–Kier alpha value is -1.79. The van der Waals surface area contributed by atoms with Crippen molar-refractivity contribution in [2.45, 2.75) is 58.2 Å². The van der Waals surface area contributed by atoms with Crippen molar-refractivity contribution in [3.8, 4) is 11.5 Å². The molecule has 3 rings (SSSR count). The van der Waals surface area contributed by atoms with Crippen LogP contribution in [0.2, 0.25) is 0 Å². The van der Waals surface area contributed by atoms with Crippen LogP contribution in [0.5, 0.6) is 11.5 Å². The first-order chi connectivity index (χ1) is 13.1. The molecule has 0 aromatic heterocycles. The SMILES string of the molecule is COc1ccc(C2CN(C(=O)C(C)(C)O)CC2(C)C(C)O)cc1OCC1CC1. The minimum Gasteiger partial charge on any atom is -0.493 e. The summed E-state index contributed by atoms with van der Waals surface area (Å²) in [5, 5.41) is 20.7. The summed E-state index contributed by atoms with van der Waals surface area (Å²) in [6.07, 6.45) is 1.80. The molecule has 3 atom stereocenters. The Bertz CT molecular complexity index is 722. The summed E-state index contributed by atoms with van der Waals surface area (Å²) in [7, 11) is 1.62. The van der Waals surface area contributed by atoms with Crippen molar-refractivity contribution in [2.24, 2.45) is 11.3 Å². The van der Waals surface area contributed by atoms with Gasteiger partial charge in [0.1, 0.15) is 5.60 Å². The lowest BCUT2D eigenvalue weighted by Crippen LogP contribution is -2.45. The number of nitrogens with zero attached hydrogens (tertiary/aromatic N) is 1. The highest BCUT2D eigenvalue weighted by molar-refractivity contribution is 5.84. The fourth-order valence-corrected chi connectivity index (χ4v) is 3.98. The molecular weight excluding hydrogens is 358 g/mol. The third-order valence-electron chi connectivity index (χ3n) is 6.26. The molecule has 1 amide bonds. The first-order valence-electron chi connectivity index (χ1n) is 10.1. The molecule has 0 bridgehead atoms. The van der Waals surface area contributed by atoms with E-state index in [1.54, 1.807) is 18.9 Å². The fourth-order valence-electron chi connectivity index (χ4n) is 3.98. The summed E-state index contributed by atoms with van der Waals surface area (Å²) in [4.78, 5) is 14.3. The van der Waals surface area contributed by atoms with E-state index in [1.165, 1.54) is 26.7 Å². The summed E-state index contributed by atoms with van der Waals surface area (Å²) in [6.45, 7) is 8.27. The van der Waals surface area contributed by atoms with Crippen molar-refractivity contribution in [3.63, 3.8) is 0 Å². The molecule has 1 aliphatic heterocycles. The Morgan fingerprint density at radius 2 is 2.04 bits per heavy atom. The van der Waals surface area contributed by atoms with Gasteiger partial charge in [0.2, 0.25) is 0 Å². The second-order valence-corrected chi connectivity index (χ2v) is 9.14. The van der Waals surface area contributed by atoms with Gasteiger partial charge in [-0.3, -0.25) is 4.79 Å². The lowest BCUT2D eigenvalue weighted by Gasteiger charge is -2.34. The Balaban J connectivity index is 1.90. The average molecular weight is 392 g/mol. The average Bonchev–Trinajstić information content (AvgIpc) is 3.39. The van der Waals surface area contributed by atoms with E-state index in [0.717, 1.165) is 5.56 Å². The molecule has 1 aliphatic carbocycles. The number of rotatable bonds is 7. The Morgan fingerprint density at radius 3 is 2.57 bits per heavy atom. The molecule has 0 radical (unpaired) electrons. The zero-order chi connectivity index (χ0) is 20.7. The highest BCUT2D eigenvalue weighted by atomic mass is 16.5. The number of carbonyl (C=O) groups excluding carboxylic acids is 1. The molecule has 1 aromatic rings. The topological polar surface area (TPSA) is 79.2 Å². The normalized spacial score (nSPS) is 26.2. The van der Waals surface area contributed by atoms with Crippen LogP contribution < -0.4 is 9.47 Å². The van der Waals surface area contributed by atoms with Gasteiger partial charge in [-0.15, -0.1) is 0 Å². The number of hydrogen-bond donors (Lipinski definition) is 2. The summed E-state index contributed by atoms with van der Waals surface area (Å²) >= 11 is 0. The number of ether oxygens (including phenoxy) is 2. The minimum absolute atomic E-state index is 0.0759. The summed E-state index contributed by atoms with van der Waals surface area (Å²) in [5.41, 5.74) is -0.961. The molecule has 2 fully saturated rings. The first-order valence-corrected chi connectivity index (χ1v) is 10.1. The molecule has 6 heteroatoms. The fraction of sp³-hybridized carbons (Fsp3) is 0.682. The number of aliphatic hydroxyl groups is 2. The van der Waals surface area contributed by atoms with Crippen LogP contribution in [0.1, 0.15) is 52.0 Å². The van der Waals surface area contributed by atoms with Gasteiger partial charge < -0.3 is 24.6 Å². The molecule has 1 saturated carbocycles. The van der Waals surface area contributed by atoms with Gasteiger partial charge in [-0.25, -0.2) is 0 Å². The molecule has 1 saturated heterocycles. The van der Waals surface area contributed by atoms with Crippen LogP contribution in [0, 0.1) is 11.3 Å². The van der Waals surface area contributed by atoms with Crippen LogP contribution in [0.4, 0.5) is 0 Å². The largest absolute Gasteiger partial charge is 0.493 e. The predicted molar refractivity (Wildman–Crippen MR) is 107 cm³/mol. The molecule has 1 heterocycles. The zero-order valence-electron chi connectivity index (χ0n) is 17.6. The molecular formula is C22H33NO5. The quantitative estimate of drug-likeness (QED) is 0.747. The van der Waals surface area contributed by atoms with Gasteiger partial charge in [0, 0.05) is 24.4 Å². The Morgan fingerprint density at radius 1 is 1.36 bits per heavy atom. The Labute approximate surface area is 167 Å². The van der Waals surface area contributed by atoms with Crippen LogP contribution in [-0.4, -0.2) is 59.5 Å². The third kappa shape index (κ3) is 4.13. The van der Waals surface area contributed by atoms with Gasteiger partial charge in [0.05, 0.1) is 19.8 Å². The molecule has 2 N–H and O–H groups in total. The lowest BCUT2D eigenvalue weighted by atomic mass is 9.72. The first kappa shape index (κ1) is 20.9. The van der Waals surface area contributed by atoms with Gasteiger partial charge in [0.25, 0.3) is 5.91 Å². The van der Waals surface area contributed by atoms with Gasteiger partial charge in [-0.2, -0.15) is 0 Å². The maximum atomic E-state index is 12.7. The van der Waals surface area contributed by atoms with E-state index in [4.69, 9.17) is 9.47 Å². The van der Waals surface area contributed by atoms with Crippen molar-refractivity contribution in [3.05, 3.63) is 23.8 Å². The van der Waals surface area contributed by atoms with Crippen molar-refractivity contribution in [1.82, 2.24) is 4.90 Å². The molecule has 0 spiro atoms. The van der Waals surface area contributed by atoms with Gasteiger partial charge >= 0.3 is 0 Å². The number of amides is 1. The second kappa shape index (κ2) is 7.56. The van der Waals surface area contributed by atoms with E-state index in [2.05, 4.69) is 0 Å². The van der Waals surface area contributed by atoms with Crippen LogP contribution in [0.15, 0.2) is 18.2 Å². The number of methoxy groups -OCH3 is 1. The standard InChI is InChI=1S/C22H33NO5/c1-14(24)22(4)13-23(20(25)21(2,3)26)11-17(22)16-8-9-18(27-5)19(10-16)28-12-15-6-7-15/h8-10,14-15,17,24,26H,6-7,11-13H2,1-5H3.